The molecule has 0 fully saturated rings. The molecule has 0 spiro atoms. The number of alkyl halides is 1. The zero-order valence-electron chi connectivity index (χ0n) is 8.13. The second-order valence-corrected chi connectivity index (χ2v) is 3.92. The Morgan fingerprint density at radius 3 is 2.80 bits per heavy atom. The minimum atomic E-state index is 0.316. The van der Waals surface area contributed by atoms with Crippen LogP contribution >= 0.6 is 23.2 Å². The molecule has 4 heteroatoms. The predicted molar refractivity (Wildman–Crippen MR) is 61.2 cm³/mol. The quantitative estimate of drug-likeness (QED) is 0.742. The minimum absolute atomic E-state index is 0.316. The molecule has 0 radical (unpaired) electrons. The van der Waals surface area contributed by atoms with Crippen molar-refractivity contribution in [3.05, 3.63) is 40.7 Å². The van der Waals surface area contributed by atoms with Gasteiger partial charge in [-0.25, -0.2) is 4.98 Å². The van der Waals surface area contributed by atoms with Crippen LogP contribution in [0.4, 0.5) is 0 Å². The number of oxazole rings is 1. The third kappa shape index (κ3) is 2.16. The highest BCUT2D eigenvalue weighted by atomic mass is 35.5. The van der Waals surface area contributed by atoms with Gasteiger partial charge in [0.05, 0.1) is 22.7 Å². The van der Waals surface area contributed by atoms with Crippen LogP contribution < -0.4 is 0 Å². The van der Waals surface area contributed by atoms with Gasteiger partial charge < -0.3 is 4.42 Å². The molecule has 1 heterocycles. The van der Waals surface area contributed by atoms with Crippen LogP contribution in [0.25, 0.3) is 11.5 Å². The monoisotopic (exact) mass is 241 g/mol. The van der Waals surface area contributed by atoms with E-state index in [9.17, 15) is 0 Å². The Hall–Kier alpha value is -0.990. The van der Waals surface area contributed by atoms with Crippen LogP contribution in [0.5, 0.6) is 0 Å². The smallest absolute Gasteiger partial charge is 0.227 e. The molecule has 0 saturated heterocycles. The molecule has 1 aromatic carbocycles. The summed E-state index contributed by atoms with van der Waals surface area (Å²) in [6.45, 7) is 1.98. The Labute approximate surface area is 97.8 Å². The van der Waals surface area contributed by atoms with E-state index in [-0.39, 0.29) is 0 Å². The molecule has 78 valence electrons. The average Bonchev–Trinajstić information content (AvgIpc) is 2.66. The van der Waals surface area contributed by atoms with Crippen molar-refractivity contribution in [1.82, 2.24) is 4.98 Å². The molecular weight excluding hydrogens is 233 g/mol. The second kappa shape index (κ2) is 4.25. The predicted octanol–water partition coefficient (Wildman–Crippen LogP) is 4.04. The SMILES string of the molecule is Cc1ccc(-c2ncc(CCl)o2)c(Cl)c1. The number of hydrogen-bond donors (Lipinski definition) is 0. The summed E-state index contributed by atoms with van der Waals surface area (Å²) in [6, 6.07) is 5.73. The molecule has 0 aliphatic rings. The number of hydrogen-bond acceptors (Lipinski definition) is 2. The van der Waals surface area contributed by atoms with E-state index in [4.69, 9.17) is 27.6 Å². The normalized spacial score (nSPS) is 10.6. The summed E-state index contributed by atoms with van der Waals surface area (Å²) in [5, 5.41) is 0.637. The van der Waals surface area contributed by atoms with Crippen molar-refractivity contribution in [2.45, 2.75) is 12.8 Å². The highest BCUT2D eigenvalue weighted by Gasteiger charge is 2.09. The van der Waals surface area contributed by atoms with Crippen molar-refractivity contribution < 1.29 is 4.42 Å². The molecule has 2 nitrogen and oxygen atoms in total. The summed E-state index contributed by atoms with van der Waals surface area (Å²) in [5.41, 5.74) is 1.89. The highest BCUT2D eigenvalue weighted by Crippen LogP contribution is 2.28. The molecule has 0 atom stereocenters. The zero-order valence-corrected chi connectivity index (χ0v) is 9.64. The second-order valence-electron chi connectivity index (χ2n) is 3.25. The standard InChI is InChI=1S/C11H9Cl2NO/c1-7-2-3-9(10(13)4-7)11-14-6-8(5-12)15-11/h2-4,6H,5H2,1H3. The van der Waals surface area contributed by atoms with Crippen LogP contribution in [0.1, 0.15) is 11.3 Å². The van der Waals surface area contributed by atoms with E-state index in [1.165, 1.54) is 0 Å². The molecule has 15 heavy (non-hydrogen) atoms. The van der Waals surface area contributed by atoms with Gasteiger partial charge in [0.1, 0.15) is 5.76 Å². The Bertz CT molecular complexity index is 479. The zero-order chi connectivity index (χ0) is 10.8. The lowest BCUT2D eigenvalue weighted by Crippen LogP contribution is -1.80. The molecule has 0 saturated carbocycles. The van der Waals surface area contributed by atoms with E-state index in [2.05, 4.69) is 4.98 Å². The van der Waals surface area contributed by atoms with Crippen molar-refractivity contribution in [3.63, 3.8) is 0 Å². The van der Waals surface area contributed by atoms with Crippen molar-refractivity contribution >= 4 is 23.2 Å². The first-order valence-corrected chi connectivity index (χ1v) is 5.39. The molecule has 0 amide bonds. The third-order valence-corrected chi connectivity index (χ3v) is 2.62. The number of nitrogens with zero attached hydrogens (tertiary/aromatic N) is 1. The maximum atomic E-state index is 6.08. The molecule has 2 rings (SSSR count). The van der Waals surface area contributed by atoms with Crippen molar-refractivity contribution in [2.24, 2.45) is 0 Å². The summed E-state index contributed by atoms with van der Waals surface area (Å²) in [7, 11) is 0. The van der Waals surface area contributed by atoms with Crippen LogP contribution in [0.15, 0.2) is 28.8 Å². The summed E-state index contributed by atoms with van der Waals surface area (Å²) in [5.74, 6) is 1.47. The lowest BCUT2D eigenvalue weighted by molar-refractivity contribution is 0.537. The molecular formula is C11H9Cl2NO. The van der Waals surface area contributed by atoms with Gasteiger partial charge in [-0.3, -0.25) is 0 Å². The van der Waals surface area contributed by atoms with Gasteiger partial charge in [0, 0.05) is 0 Å². The summed E-state index contributed by atoms with van der Waals surface area (Å²) >= 11 is 11.7. The maximum Gasteiger partial charge on any atom is 0.227 e. The van der Waals surface area contributed by atoms with E-state index in [0.29, 0.717) is 22.6 Å². The van der Waals surface area contributed by atoms with Gasteiger partial charge >= 0.3 is 0 Å². The van der Waals surface area contributed by atoms with Crippen LogP contribution in [0, 0.1) is 6.92 Å². The van der Waals surface area contributed by atoms with Gasteiger partial charge in [-0.1, -0.05) is 17.7 Å². The molecule has 0 aliphatic heterocycles. The largest absolute Gasteiger partial charge is 0.440 e. The Balaban J connectivity index is 2.44. The van der Waals surface area contributed by atoms with E-state index in [1.807, 2.05) is 25.1 Å². The van der Waals surface area contributed by atoms with Crippen molar-refractivity contribution in [3.8, 4) is 11.5 Å². The van der Waals surface area contributed by atoms with Gasteiger partial charge in [0.15, 0.2) is 0 Å². The fraction of sp³-hybridized carbons (Fsp3) is 0.182. The topological polar surface area (TPSA) is 26.0 Å². The summed E-state index contributed by atoms with van der Waals surface area (Å²) in [6.07, 6.45) is 1.61. The molecule has 0 bridgehead atoms. The van der Waals surface area contributed by atoms with E-state index in [0.717, 1.165) is 11.1 Å². The molecule has 1 aromatic heterocycles. The fourth-order valence-electron chi connectivity index (χ4n) is 1.29. The summed E-state index contributed by atoms with van der Waals surface area (Å²) in [4.78, 5) is 4.11. The lowest BCUT2D eigenvalue weighted by Gasteiger charge is -2.00. The minimum Gasteiger partial charge on any atom is -0.440 e. The lowest BCUT2D eigenvalue weighted by atomic mass is 10.1. The number of aryl methyl sites for hydroxylation is 1. The van der Waals surface area contributed by atoms with Crippen LogP contribution in [-0.2, 0) is 5.88 Å². The van der Waals surface area contributed by atoms with E-state index >= 15 is 0 Å². The van der Waals surface area contributed by atoms with Crippen molar-refractivity contribution in [1.29, 1.82) is 0 Å². The molecule has 0 unspecified atom stereocenters. The van der Waals surface area contributed by atoms with E-state index < -0.39 is 0 Å². The molecule has 0 aliphatic carbocycles. The number of rotatable bonds is 2. The van der Waals surface area contributed by atoms with Gasteiger partial charge in [-0.2, -0.15) is 0 Å². The van der Waals surface area contributed by atoms with Gasteiger partial charge in [-0.05, 0) is 24.6 Å². The average molecular weight is 242 g/mol. The third-order valence-electron chi connectivity index (χ3n) is 2.04. The van der Waals surface area contributed by atoms with Crippen molar-refractivity contribution in [2.75, 3.05) is 0 Å². The Kier molecular flexibility index (Phi) is 2.98. The first-order valence-electron chi connectivity index (χ1n) is 4.48. The first kappa shape index (κ1) is 10.5. The number of aromatic nitrogens is 1. The van der Waals surface area contributed by atoms with Gasteiger partial charge in [-0.15, -0.1) is 11.6 Å². The maximum absolute atomic E-state index is 6.08. The Morgan fingerprint density at radius 1 is 1.40 bits per heavy atom. The summed E-state index contributed by atoms with van der Waals surface area (Å²) < 4.78 is 5.41. The highest BCUT2D eigenvalue weighted by molar-refractivity contribution is 6.33. The molecule has 2 aromatic rings. The first-order chi connectivity index (χ1) is 7.20. The number of benzene rings is 1. The van der Waals surface area contributed by atoms with E-state index in [1.54, 1.807) is 6.20 Å². The number of halogens is 2. The Morgan fingerprint density at radius 2 is 2.20 bits per heavy atom. The van der Waals surface area contributed by atoms with Crippen LogP contribution in [0.3, 0.4) is 0 Å². The van der Waals surface area contributed by atoms with Gasteiger partial charge in [0.25, 0.3) is 0 Å². The van der Waals surface area contributed by atoms with Crippen LogP contribution in [-0.4, -0.2) is 4.98 Å². The fourth-order valence-corrected chi connectivity index (χ4v) is 1.73. The molecule has 0 N–H and O–H groups in total. The van der Waals surface area contributed by atoms with Gasteiger partial charge in [0.2, 0.25) is 5.89 Å². The van der Waals surface area contributed by atoms with Crippen LogP contribution in [0.2, 0.25) is 5.02 Å².